The van der Waals surface area contributed by atoms with Crippen LogP contribution in [0.25, 0.3) is 16.8 Å². The molecule has 3 heterocycles. The van der Waals surface area contributed by atoms with Crippen molar-refractivity contribution >= 4 is 29.1 Å². The van der Waals surface area contributed by atoms with Gasteiger partial charge in [-0.15, -0.1) is 0 Å². The maximum atomic E-state index is 14.0. The molecule has 0 bridgehead atoms. The van der Waals surface area contributed by atoms with E-state index in [1.165, 1.54) is 11.6 Å². The van der Waals surface area contributed by atoms with Crippen molar-refractivity contribution in [2.45, 2.75) is 25.7 Å². The van der Waals surface area contributed by atoms with E-state index in [4.69, 9.17) is 9.84 Å². The Hall–Kier alpha value is -3.52. The van der Waals surface area contributed by atoms with Crippen molar-refractivity contribution in [1.29, 1.82) is 0 Å². The van der Waals surface area contributed by atoms with E-state index in [2.05, 4.69) is 28.9 Å². The average Bonchev–Trinajstić information content (AvgIpc) is 3.17. The third kappa shape index (κ3) is 4.34. The molecule has 6 nitrogen and oxygen atoms in total. The van der Waals surface area contributed by atoms with Crippen LogP contribution >= 0.6 is 11.9 Å². The Bertz CT molecular complexity index is 1390. The van der Waals surface area contributed by atoms with Crippen molar-refractivity contribution in [3.8, 4) is 22.8 Å². The molecule has 2 aromatic carbocycles. The molecule has 0 fully saturated rings. The number of halogens is 1. The van der Waals surface area contributed by atoms with Crippen LogP contribution in [0.1, 0.15) is 41.6 Å². The van der Waals surface area contributed by atoms with Gasteiger partial charge in [-0.25, -0.2) is 8.91 Å². The standard InChI is InChI=1S/C27H27FN4O2S/c1-17-7-6-14-32(35-3)23-16-31-22(15-20(17)23)25(27(33)29-2)26(30-31)18-10-12-19(13-11-18)34-24-9-5-4-8-21(24)28/h4-5,8-13,15-17H,6-7,14H2,1-3H3,(H,29,33). The number of hydrogen-bond acceptors (Lipinski definition) is 5. The van der Waals surface area contributed by atoms with Crippen LogP contribution in [0.15, 0.2) is 60.8 Å². The van der Waals surface area contributed by atoms with Crippen molar-refractivity contribution < 1.29 is 13.9 Å². The van der Waals surface area contributed by atoms with Crippen LogP contribution in [0.3, 0.4) is 0 Å². The monoisotopic (exact) mass is 490 g/mol. The van der Waals surface area contributed by atoms with Crippen LogP contribution in [0.5, 0.6) is 11.5 Å². The van der Waals surface area contributed by atoms with Gasteiger partial charge in [0.05, 0.1) is 23.0 Å². The number of nitrogens with one attached hydrogen (secondary N) is 1. The number of fused-ring (bicyclic) bond motifs is 2. The van der Waals surface area contributed by atoms with Crippen molar-refractivity contribution in [3.05, 3.63) is 77.7 Å². The molecule has 35 heavy (non-hydrogen) atoms. The lowest BCUT2D eigenvalue weighted by Crippen LogP contribution is -2.18. The topological polar surface area (TPSA) is 58.9 Å². The van der Waals surface area contributed by atoms with Crippen molar-refractivity contribution in [3.63, 3.8) is 0 Å². The van der Waals surface area contributed by atoms with Crippen molar-refractivity contribution in [2.75, 3.05) is 24.2 Å². The van der Waals surface area contributed by atoms with E-state index in [1.54, 1.807) is 49.3 Å². The molecule has 2 aromatic heterocycles. The fourth-order valence-electron chi connectivity index (χ4n) is 4.59. The fourth-order valence-corrected chi connectivity index (χ4v) is 5.25. The summed E-state index contributed by atoms with van der Waals surface area (Å²) in [5.41, 5.74) is 5.05. The third-order valence-electron chi connectivity index (χ3n) is 6.44. The molecule has 1 unspecified atom stereocenters. The number of amides is 1. The molecule has 0 spiro atoms. The van der Waals surface area contributed by atoms with E-state index in [0.717, 1.165) is 36.2 Å². The van der Waals surface area contributed by atoms with E-state index < -0.39 is 5.82 Å². The quantitative estimate of drug-likeness (QED) is 0.334. The minimum absolute atomic E-state index is 0.160. The number of para-hydroxylation sites is 1. The molecule has 0 saturated carbocycles. The van der Waals surface area contributed by atoms with E-state index in [-0.39, 0.29) is 11.7 Å². The number of carbonyl (C=O) groups is 1. The SMILES string of the molecule is CNC(=O)c1c(-c2ccc(Oc3ccccc3F)cc2)nn2cc3c(cc12)C(C)CCCN3SC. The number of pyridine rings is 1. The second-order valence-corrected chi connectivity index (χ2v) is 9.44. The first kappa shape index (κ1) is 23.2. The summed E-state index contributed by atoms with van der Waals surface area (Å²) in [6, 6.07) is 15.6. The summed E-state index contributed by atoms with van der Waals surface area (Å²) in [6.07, 6.45) is 6.34. The Morgan fingerprint density at radius 3 is 2.69 bits per heavy atom. The predicted molar refractivity (Wildman–Crippen MR) is 139 cm³/mol. The summed E-state index contributed by atoms with van der Waals surface area (Å²) in [6.45, 7) is 3.22. The number of nitrogens with zero attached hydrogens (tertiary/aromatic N) is 3. The number of benzene rings is 2. The molecular formula is C27H27FN4O2S. The minimum atomic E-state index is -0.424. The largest absolute Gasteiger partial charge is 0.454 e. The van der Waals surface area contributed by atoms with Crippen LogP contribution in [-0.4, -0.2) is 35.4 Å². The van der Waals surface area contributed by atoms with E-state index in [0.29, 0.717) is 22.9 Å². The maximum absolute atomic E-state index is 14.0. The van der Waals surface area contributed by atoms with Gasteiger partial charge in [0.15, 0.2) is 11.6 Å². The highest BCUT2D eigenvalue weighted by Gasteiger charge is 2.26. The fraction of sp³-hybridized carbons (Fsp3) is 0.259. The zero-order valence-electron chi connectivity index (χ0n) is 19.9. The summed E-state index contributed by atoms with van der Waals surface area (Å²) in [5.74, 6) is 0.433. The van der Waals surface area contributed by atoms with Crippen LogP contribution in [0, 0.1) is 5.82 Å². The summed E-state index contributed by atoms with van der Waals surface area (Å²) < 4.78 is 23.8. The second kappa shape index (κ2) is 9.62. The van der Waals surface area contributed by atoms with Gasteiger partial charge < -0.3 is 14.4 Å². The molecule has 0 saturated heterocycles. The summed E-state index contributed by atoms with van der Waals surface area (Å²) in [5, 5.41) is 7.60. The van der Waals surface area contributed by atoms with Crippen LogP contribution in [-0.2, 0) is 0 Å². The average molecular weight is 491 g/mol. The number of ether oxygens (including phenoxy) is 1. The van der Waals surface area contributed by atoms with Gasteiger partial charge >= 0.3 is 0 Å². The Morgan fingerprint density at radius 2 is 1.97 bits per heavy atom. The first-order valence-corrected chi connectivity index (χ1v) is 12.8. The molecule has 0 aliphatic carbocycles. The van der Waals surface area contributed by atoms with Gasteiger partial charge in [0.25, 0.3) is 5.91 Å². The molecule has 4 aromatic rings. The number of aromatic nitrogens is 2. The number of carbonyl (C=O) groups excluding carboxylic acids is 1. The molecule has 8 heteroatoms. The molecule has 1 aliphatic heterocycles. The molecule has 5 rings (SSSR count). The summed E-state index contributed by atoms with van der Waals surface area (Å²) >= 11 is 1.71. The lowest BCUT2D eigenvalue weighted by atomic mass is 9.96. The Morgan fingerprint density at radius 1 is 1.20 bits per heavy atom. The van der Waals surface area contributed by atoms with E-state index in [9.17, 15) is 9.18 Å². The van der Waals surface area contributed by atoms with Gasteiger partial charge in [0, 0.05) is 25.4 Å². The zero-order valence-corrected chi connectivity index (χ0v) is 20.7. The van der Waals surface area contributed by atoms with E-state index in [1.807, 2.05) is 22.8 Å². The highest BCUT2D eigenvalue weighted by atomic mass is 32.2. The van der Waals surface area contributed by atoms with Gasteiger partial charge in [-0.05, 0) is 66.8 Å². The molecule has 1 aliphatic rings. The lowest BCUT2D eigenvalue weighted by molar-refractivity contribution is 0.0965. The third-order valence-corrected chi connectivity index (χ3v) is 7.26. The Kier molecular flexibility index (Phi) is 6.38. The number of anilines is 1. The molecule has 180 valence electrons. The highest BCUT2D eigenvalue weighted by molar-refractivity contribution is 7.99. The van der Waals surface area contributed by atoms with E-state index >= 15 is 0 Å². The van der Waals surface area contributed by atoms with Gasteiger partial charge in [-0.1, -0.05) is 31.0 Å². The summed E-state index contributed by atoms with van der Waals surface area (Å²) in [7, 11) is 1.63. The highest BCUT2D eigenvalue weighted by Crippen LogP contribution is 2.39. The maximum Gasteiger partial charge on any atom is 0.255 e. The van der Waals surface area contributed by atoms with Crippen LogP contribution < -0.4 is 14.4 Å². The first-order valence-electron chi connectivity index (χ1n) is 11.6. The Balaban J connectivity index is 1.59. The van der Waals surface area contributed by atoms with Gasteiger partial charge in [0.2, 0.25) is 0 Å². The Labute approximate surface area is 208 Å². The molecule has 1 amide bonds. The van der Waals surface area contributed by atoms with Gasteiger partial charge in [-0.2, -0.15) is 5.10 Å². The van der Waals surface area contributed by atoms with Gasteiger partial charge in [0.1, 0.15) is 11.4 Å². The van der Waals surface area contributed by atoms with Crippen LogP contribution in [0.4, 0.5) is 10.1 Å². The smallest absolute Gasteiger partial charge is 0.255 e. The predicted octanol–water partition coefficient (Wildman–Crippen LogP) is 6.27. The molecule has 1 atom stereocenters. The summed E-state index contributed by atoms with van der Waals surface area (Å²) in [4.78, 5) is 13.0. The number of hydrogen-bond donors (Lipinski definition) is 1. The van der Waals surface area contributed by atoms with Crippen molar-refractivity contribution in [2.24, 2.45) is 0 Å². The second-order valence-electron chi connectivity index (χ2n) is 8.63. The minimum Gasteiger partial charge on any atom is -0.454 e. The van der Waals surface area contributed by atoms with Gasteiger partial charge in [-0.3, -0.25) is 4.79 Å². The molecular weight excluding hydrogens is 463 g/mol. The lowest BCUT2D eigenvalue weighted by Gasteiger charge is -2.22. The van der Waals surface area contributed by atoms with Crippen LogP contribution in [0.2, 0.25) is 0 Å². The van der Waals surface area contributed by atoms with Crippen molar-refractivity contribution in [1.82, 2.24) is 14.9 Å². The zero-order chi connectivity index (χ0) is 24.5. The number of rotatable bonds is 5. The molecule has 1 N–H and O–H groups in total. The first-order chi connectivity index (χ1) is 17.0. The normalized spacial score (nSPS) is 15.5. The molecule has 0 radical (unpaired) electrons.